The monoisotopic (exact) mass is 402 g/mol. The third-order valence-electron chi connectivity index (χ3n) is 5.93. The zero-order valence-electron chi connectivity index (χ0n) is 16.2. The molecule has 0 radical (unpaired) electrons. The molecule has 0 aromatic heterocycles. The van der Waals surface area contributed by atoms with Crippen LogP contribution in [-0.4, -0.2) is 36.0 Å². The second kappa shape index (κ2) is 8.49. The van der Waals surface area contributed by atoms with E-state index in [1.54, 1.807) is 7.11 Å². The second-order valence-electron chi connectivity index (χ2n) is 7.30. The summed E-state index contributed by atoms with van der Waals surface area (Å²) in [5.41, 5.74) is -0.450. The fourth-order valence-corrected chi connectivity index (χ4v) is 5.54. The molecule has 1 aliphatic rings. The van der Waals surface area contributed by atoms with E-state index in [9.17, 15) is 14.8 Å². The molecule has 1 aliphatic heterocycles. The second-order valence-corrected chi connectivity index (χ2v) is 8.41. The van der Waals surface area contributed by atoms with Crippen LogP contribution in [0.25, 0.3) is 10.8 Å². The molecule has 2 aromatic rings. The van der Waals surface area contributed by atoms with Crippen molar-refractivity contribution in [2.75, 3.05) is 20.2 Å². The summed E-state index contributed by atoms with van der Waals surface area (Å²) in [6.07, 6.45) is 2.31. The molecule has 2 aromatic carbocycles. The maximum Gasteiger partial charge on any atom is 0.315 e. The van der Waals surface area contributed by atoms with E-state index in [2.05, 4.69) is 9.90 Å². The SMILES string of the molecule is CCC[C@@](C(=O)O)(c1ccc2cc(OC)ccc2c1)C1(SN=O)CCNCC1. The van der Waals surface area contributed by atoms with Crippen LogP contribution in [0.4, 0.5) is 0 Å². The Balaban J connectivity index is 2.22. The lowest BCUT2D eigenvalue weighted by atomic mass is 9.63. The number of nitrogens with one attached hydrogen (secondary N) is 1. The van der Waals surface area contributed by atoms with Gasteiger partial charge in [-0.2, -0.15) is 0 Å². The summed E-state index contributed by atoms with van der Waals surface area (Å²) in [5.74, 6) is -0.130. The van der Waals surface area contributed by atoms with Crippen molar-refractivity contribution in [3.8, 4) is 5.75 Å². The number of piperidine rings is 1. The van der Waals surface area contributed by atoms with Crippen LogP contribution < -0.4 is 10.1 Å². The van der Waals surface area contributed by atoms with Crippen molar-refractivity contribution in [1.82, 2.24) is 5.32 Å². The van der Waals surface area contributed by atoms with Gasteiger partial charge < -0.3 is 15.2 Å². The molecule has 1 atom stereocenters. The Morgan fingerprint density at radius 3 is 2.54 bits per heavy atom. The first-order valence-corrected chi connectivity index (χ1v) is 10.3. The summed E-state index contributed by atoms with van der Waals surface area (Å²) in [5, 5.41) is 15.7. The minimum atomic E-state index is -1.18. The summed E-state index contributed by atoms with van der Waals surface area (Å²) in [6.45, 7) is 3.33. The normalized spacial score (nSPS) is 18.4. The first kappa shape index (κ1) is 20.6. The predicted octanol–water partition coefficient (Wildman–Crippen LogP) is 4.51. The minimum absolute atomic E-state index is 0.451. The third kappa shape index (κ3) is 3.37. The zero-order valence-corrected chi connectivity index (χ0v) is 17.1. The maximum atomic E-state index is 12.8. The smallest absolute Gasteiger partial charge is 0.315 e. The van der Waals surface area contributed by atoms with Gasteiger partial charge in [-0.25, -0.2) is 0 Å². The number of fused-ring (bicyclic) bond motifs is 1. The van der Waals surface area contributed by atoms with Gasteiger partial charge in [0.1, 0.15) is 11.2 Å². The number of hydrogen-bond acceptors (Lipinski definition) is 6. The van der Waals surface area contributed by atoms with E-state index in [-0.39, 0.29) is 0 Å². The van der Waals surface area contributed by atoms with E-state index in [1.165, 1.54) is 0 Å². The highest BCUT2D eigenvalue weighted by Crippen LogP contribution is 2.53. The van der Waals surface area contributed by atoms with Gasteiger partial charge in [0.05, 0.1) is 11.9 Å². The van der Waals surface area contributed by atoms with E-state index in [1.807, 2.05) is 43.3 Å². The molecular formula is C21H26N2O4S. The molecular weight excluding hydrogens is 376 g/mol. The highest BCUT2D eigenvalue weighted by molar-refractivity contribution is 7.99. The summed E-state index contributed by atoms with van der Waals surface area (Å²) in [6, 6.07) is 11.5. The summed E-state index contributed by atoms with van der Waals surface area (Å²) in [7, 11) is 1.62. The Labute approximate surface area is 169 Å². The van der Waals surface area contributed by atoms with E-state index >= 15 is 0 Å². The maximum absolute atomic E-state index is 12.8. The molecule has 0 spiro atoms. The van der Waals surface area contributed by atoms with Crippen LogP contribution in [0, 0.1) is 4.91 Å². The minimum Gasteiger partial charge on any atom is -0.497 e. The number of carboxylic acid groups (broad SMARTS) is 1. The number of hydrogen-bond donors (Lipinski definition) is 2. The van der Waals surface area contributed by atoms with Gasteiger partial charge in [-0.15, -0.1) is 4.91 Å². The van der Waals surface area contributed by atoms with Crippen LogP contribution in [0.1, 0.15) is 38.2 Å². The highest BCUT2D eigenvalue weighted by atomic mass is 32.2. The van der Waals surface area contributed by atoms with Crippen molar-refractivity contribution in [2.45, 2.75) is 42.8 Å². The summed E-state index contributed by atoms with van der Waals surface area (Å²) >= 11 is 0.910. The molecule has 7 heteroatoms. The largest absolute Gasteiger partial charge is 0.497 e. The number of ether oxygens (including phenoxy) is 1. The van der Waals surface area contributed by atoms with Gasteiger partial charge in [-0.3, -0.25) is 4.79 Å². The van der Waals surface area contributed by atoms with Crippen molar-refractivity contribution in [2.24, 2.45) is 4.58 Å². The molecule has 0 aliphatic carbocycles. The van der Waals surface area contributed by atoms with Crippen molar-refractivity contribution in [3.05, 3.63) is 46.9 Å². The topological polar surface area (TPSA) is 88.0 Å². The van der Waals surface area contributed by atoms with Gasteiger partial charge >= 0.3 is 5.97 Å². The zero-order chi connectivity index (χ0) is 20.2. The predicted molar refractivity (Wildman–Crippen MR) is 113 cm³/mol. The lowest BCUT2D eigenvalue weighted by molar-refractivity contribution is -0.146. The van der Waals surface area contributed by atoms with Crippen molar-refractivity contribution < 1.29 is 14.6 Å². The van der Waals surface area contributed by atoms with Crippen LogP contribution in [-0.2, 0) is 10.2 Å². The number of aliphatic carboxylic acids is 1. The third-order valence-corrected chi connectivity index (χ3v) is 7.11. The number of benzene rings is 2. The number of nitrogens with zero attached hydrogens (tertiary/aromatic N) is 1. The molecule has 1 fully saturated rings. The fraction of sp³-hybridized carbons (Fsp3) is 0.476. The molecule has 150 valence electrons. The van der Waals surface area contributed by atoms with Crippen LogP contribution in [0.3, 0.4) is 0 Å². The molecule has 1 heterocycles. The van der Waals surface area contributed by atoms with Crippen LogP contribution in [0.5, 0.6) is 5.75 Å². The number of carbonyl (C=O) groups is 1. The van der Waals surface area contributed by atoms with Gasteiger partial charge in [0.2, 0.25) is 0 Å². The highest BCUT2D eigenvalue weighted by Gasteiger charge is 2.58. The average Bonchev–Trinajstić information content (AvgIpc) is 2.71. The van der Waals surface area contributed by atoms with Gasteiger partial charge in [0.25, 0.3) is 0 Å². The Morgan fingerprint density at radius 2 is 1.93 bits per heavy atom. The standard InChI is InChI=1S/C21H26N2O4S/c1-3-8-21(19(24)25,20(28-23-26)9-11-22-12-10-20)17-6-4-16-14-18(27-2)7-5-15(16)13-17/h4-7,13-14,22H,3,8-12H2,1-2H3,(H,24,25)/t21-/m0/s1. The molecule has 28 heavy (non-hydrogen) atoms. The molecule has 6 nitrogen and oxygen atoms in total. The van der Waals surface area contributed by atoms with Crippen molar-refractivity contribution in [1.29, 1.82) is 0 Å². The molecule has 3 rings (SSSR count). The van der Waals surface area contributed by atoms with E-state index in [4.69, 9.17) is 4.74 Å². The van der Waals surface area contributed by atoms with Crippen LogP contribution in [0.2, 0.25) is 0 Å². The Hall–Kier alpha value is -2.12. The quantitative estimate of drug-likeness (QED) is 0.499. The Kier molecular flexibility index (Phi) is 6.25. The lowest BCUT2D eigenvalue weighted by Crippen LogP contribution is -2.58. The van der Waals surface area contributed by atoms with E-state index in [0.29, 0.717) is 38.8 Å². The van der Waals surface area contributed by atoms with Crippen LogP contribution >= 0.6 is 11.9 Å². The van der Waals surface area contributed by atoms with Crippen LogP contribution in [0.15, 0.2) is 41.0 Å². The van der Waals surface area contributed by atoms with Gasteiger partial charge in [-0.05, 0) is 66.9 Å². The first-order chi connectivity index (χ1) is 13.5. The number of nitroso groups, excluding NO2 is 1. The summed E-state index contributed by atoms with van der Waals surface area (Å²) in [4.78, 5) is 24.2. The molecule has 0 bridgehead atoms. The average molecular weight is 403 g/mol. The molecule has 0 unspecified atom stereocenters. The molecule has 1 saturated heterocycles. The molecule has 2 N–H and O–H groups in total. The Morgan fingerprint density at radius 1 is 1.25 bits per heavy atom. The Bertz CT molecular complexity index is 867. The number of rotatable bonds is 8. The number of methoxy groups -OCH3 is 1. The van der Waals surface area contributed by atoms with Crippen molar-refractivity contribution in [3.63, 3.8) is 0 Å². The first-order valence-electron chi connectivity index (χ1n) is 9.56. The lowest BCUT2D eigenvalue weighted by Gasteiger charge is -2.48. The number of carboxylic acids is 1. The van der Waals surface area contributed by atoms with Gasteiger partial charge in [-0.1, -0.05) is 31.5 Å². The fourth-order valence-electron chi connectivity index (χ4n) is 4.55. The van der Waals surface area contributed by atoms with Gasteiger partial charge in [0, 0.05) is 16.5 Å². The molecule has 0 saturated carbocycles. The van der Waals surface area contributed by atoms with E-state index < -0.39 is 16.1 Å². The molecule has 0 amide bonds. The van der Waals surface area contributed by atoms with Crippen molar-refractivity contribution >= 4 is 28.7 Å². The summed E-state index contributed by atoms with van der Waals surface area (Å²) < 4.78 is 7.64. The van der Waals surface area contributed by atoms with Gasteiger partial charge in [0.15, 0.2) is 0 Å². The van der Waals surface area contributed by atoms with E-state index in [0.717, 1.165) is 34.0 Å².